The lowest BCUT2D eigenvalue weighted by molar-refractivity contribution is 0.0824. The molecule has 0 radical (unpaired) electrons. The Hall–Kier alpha value is -1.36. The van der Waals surface area contributed by atoms with Crippen LogP contribution in [0.5, 0.6) is 0 Å². The van der Waals surface area contributed by atoms with Crippen molar-refractivity contribution in [3.63, 3.8) is 0 Å². The Morgan fingerprint density at radius 2 is 2.17 bits per heavy atom. The Morgan fingerprint density at radius 1 is 1.52 bits per heavy atom. The van der Waals surface area contributed by atoms with E-state index in [1.54, 1.807) is 0 Å². The smallest absolute Gasteiger partial charge is 0.272 e. The number of rotatable bonds is 4. The number of aliphatic hydroxyl groups is 1. The van der Waals surface area contributed by atoms with Crippen LogP contribution in [0.3, 0.4) is 0 Å². The van der Waals surface area contributed by atoms with Gasteiger partial charge in [0.15, 0.2) is 0 Å². The van der Waals surface area contributed by atoms with Gasteiger partial charge in [-0.2, -0.15) is 5.10 Å². The van der Waals surface area contributed by atoms with Crippen molar-refractivity contribution in [1.29, 1.82) is 0 Å². The summed E-state index contributed by atoms with van der Waals surface area (Å²) in [7, 11) is 0. The number of aliphatic hydroxyl groups excluding tert-OH is 1. The topological polar surface area (TPSA) is 67.2 Å². The van der Waals surface area contributed by atoms with Gasteiger partial charge in [-0.05, 0) is 45.6 Å². The molecule has 1 aromatic rings. The zero-order valence-corrected chi connectivity index (χ0v) is 15.3. The zero-order valence-electron chi connectivity index (χ0n) is 15.3. The SMILES string of the molecule is CC(C)c1cc(C(=O)NC2CCCC2(C)CO)nn1C(C)(C)C. The second-order valence-electron chi connectivity index (χ2n) is 8.42. The van der Waals surface area contributed by atoms with Gasteiger partial charge < -0.3 is 10.4 Å². The van der Waals surface area contributed by atoms with Crippen molar-refractivity contribution < 1.29 is 9.90 Å². The summed E-state index contributed by atoms with van der Waals surface area (Å²) < 4.78 is 1.95. The van der Waals surface area contributed by atoms with Crippen molar-refractivity contribution in [1.82, 2.24) is 15.1 Å². The molecule has 1 fully saturated rings. The van der Waals surface area contributed by atoms with Crippen LogP contribution in [0.15, 0.2) is 6.07 Å². The van der Waals surface area contributed by atoms with E-state index in [2.05, 4.69) is 45.0 Å². The van der Waals surface area contributed by atoms with Gasteiger partial charge in [-0.1, -0.05) is 27.2 Å². The van der Waals surface area contributed by atoms with Gasteiger partial charge in [-0.3, -0.25) is 9.48 Å². The van der Waals surface area contributed by atoms with Crippen LogP contribution in [0, 0.1) is 5.41 Å². The minimum absolute atomic E-state index is 0.0160. The third kappa shape index (κ3) is 3.60. The van der Waals surface area contributed by atoms with E-state index in [0.29, 0.717) is 11.6 Å². The standard InChI is InChI=1S/C18H31N3O2/c1-12(2)14-10-13(20-21(14)17(3,4)5)16(23)19-15-8-7-9-18(15,6)11-22/h10,12,15,22H,7-9,11H2,1-6H3,(H,19,23). The van der Waals surface area contributed by atoms with Crippen LogP contribution in [0.2, 0.25) is 0 Å². The summed E-state index contributed by atoms with van der Waals surface area (Å²) >= 11 is 0. The van der Waals surface area contributed by atoms with Crippen LogP contribution in [-0.4, -0.2) is 33.4 Å². The highest BCUT2D eigenvalue weighted by atomic mass is 16.3. The lowest BCUT2D eigenvalue weighted by Gasteiger charge is -2.29. The van der Waals surface area contributed by atoms with Crippen LogP contribution in [0.1, 0.15) is 82.9 Å². The number of carbonyl (C=O) groups excluding carboxylic acids is 1. The van der Waals surface area contributed by atoms with Crippen LogP contribution in [-0.2, 0) is 5.54 Å². The molecule has 0 aliphatic heterocycles. The molecule has 2 unspecified atom stereocenters. The first-order valence-corrected chi connectivity index (χ1v) is 8.60. The molecule has 23 heavy (non-hydrogen) atoms. The van der Waals surface area contributed by atoms with E-state index in [9.17, 15) is 9.90 Å². The monoisotopic (exact) mass is 321 g/mol. The van der Waals surface area contributed by atoms with Crippen LogP contribution in [0.4, 0.5) is 0 Å². The summed E-state index contributed by atoms with van der Waals surface area (Å²) in [5.41, 5.74) is 1.16. The van der Waals surface area contributed by atoms with Crippen LogP contribution >= 0.6 is 0 Å². The Kier molecular flexibility index (Phi) is 4.90. The first kappa shape index (κ1) is 18.0. The number of hydrogen-bond acceptors (Lipinski definition) is 3. The van der Waals surface area contributed by atoms with Crippen molar-refractivity contribution in [3.05, 3.63) is 17.5 Å². The molecule has 5 nitrogen and oxygen atoms in total. The quantitative estimate of drug-likeness (QED) is 0.895. The van der Waals surface area contributed by atoms with Gasteiger partial charge in [-0.15, -0.1) is 0 Å². The third-order valence-electron chi connectivity index (χ3n) is 4.94. The highest BCUT2D eigenvalue weighted by Gasteiger charge is 2.39. The second-order valence-corrected chi connectivity index (χ2v) is 8.42. The summed E-state index contributed by atoms with van der Waals surface area (Å²) in [6, 6.07) is 1.92. The first-order valence-electron chi connectivity index (χ1n) is 8.60. The molecule has 130 valence electrons. The van der Waals surface area contributed by atoms with E-state index in [1.165, 1.54) is 0 Å². The normalized spacial score (nSPS) is 25.1. The molecule has 1 amide bonds. The average molecular weight is 321 g/mol. The van der Waals surface area contributed by atoms with Crippen molar-refractivity contribution in [2.45, 2.75) is 78.3 Å². The molecule has 1 aliphatic rings. The minimum atomic E-state index is -0.219. The lowest BCUT2D eigenvalue weighted by Crippen LogP contribution is -2.45. The fourth-order valence-corrected chi connectivity index (χ4v) is 3.36. The first-order chi connectivity index (χ1) is 10.6. The summed E-state index contributed by atoms with van der Waals surface area (Å²) in [5, 5.41) is 17.3. The second kappa shape index (κ2) is 6.27. The van der Waals surface area contributed by atoms with Crippen molar-refractivity contribution in [2.24, 2.45) is 5.41 Å². The number of hydrogen-bond donors (Lipinski definition) is 2. The van der Waals surface area contributed by atoms with Gasteiger partial charge >= 0.3 is 0 Å². The molecular weight excluding hydrogens is 290 g/mol. The van der Waals surface area contributed by atoms with Crippen molar-refractivity contribution >= 4 is 5.91 Å². The molecule has 1 heterocycles. The average Bonchev–Trinajstić information content (AvgIpc) is 3.04. The molecule has 0 saturated heterocycles. The number of amides is 1. The van der Waals surface area contributed by atoms with Gasteiger partial charge in [-0.25, -0.2) is 0 Å². The molecule has 2 rings (SSSR count). The summed E-state index contributed by atoms with van der Waals surface area (Å²) in [6.45, 7) is 12.6. The summed E-state index contributed by atoms with van der Waals surface area (Å²) in [4.78, 5) is 12.7. The van der Waals surface area contributed by atoms with Crippen LogP contribution in [0.25, 0.3) is 0 Å². The molecule has 0 aromatic carbocycles. The predicted octanol–water partition coefficient (Wildman–Crippen LogP) is 3.04. The number of aromatic nitrogens is 2. The molecular formula is C18H31N3O2. The number of nitrogens with one attached hydrogen (secondary N) is 1. The summed E-state index contributed by atoms with van der Waals surface area (Å²) in [5.74, 6) is 0.166. The van der Waals surface area contributed by atoms with E-state index in [-0.39, 0.29) is 29.5 Å². The van der Waals surface area contributed by atoms with Crippen molar-refractivity contribution in [3.8, 4) is 0 Å². The maximum absolute atomic E-state index is 12.7. The Bertz CT molecular complexity index is 571. The molecule has 1 aromatic heterocycles. The van der Waals surface area contributed by atoms with E-state index >= 15 is 0 Å². The van der Waals surface area contributed by atoms with E-state index in [4.69, 9.17) is 0 Å². The van der Waals surface area contributed by atoms with Gasteiger partial charge in [0.25, 0.3) is 5.91 Å². The highest BCUT2D eigenvalue weighted by Crippen LogP contribution is 2.37. The fraction of sp³-hybridized carbons (Fsp3) is 0.778. The molecule has 1 saturated carbocycles. The van der Waals surface area contributed by atoms with Gasteiger partial charge in [0.05, 0.1) is 12.1 Å². The maximum Gasteiger partial charge on any atom is 0.272 e. The van der Waals surface area contributed by atoms with Gasteiger partial charge in [0.1, 0.15) is 5.69 Å². The third-order valence-corrected chi connectivity index (χ3v) is 4.94. The molecule has 2 N–H and O–H groups in total. The summed E-state index contributed by atoms with van der Waals surface area (Å²) in [6.07, 6.45) is 2.90. The lowest BCUT2D eigenvalue weighted by atomic mass is 9.86. The van der Waals surface area contributed by atoms with Crippen molar-refractivity contribution in [2.75, 3.05) is 6.61 Å². The van der Waals surface area contributed by atoms with E-state index in [0.717, 1.165) is 25.0 Å². The Balaban J connectivity index is 2.23. The molecule has 0 spiro atoms. The zero-order chi connectivity index (χ0) is 17.4. The largest absolute Gasteiger partial charge is 0.396 e. The molecule has 1 aliphatic carbocycles. The highest BCUT2D eigenvalue weighted by molar-refractivity contribution is 5.92. The Labute approximate surface area is 139 Å². The van der Waals surface area contributed by atoms with E-state index in [1.807, 2.05) is 17.7 Å². The molecule has 2 atom stereocenters. The molecule has 5 heteroatoms. The maximum atomic E-state index is 12.7. The minimum Gasteiger partial charge on any atom is -0.396 e. The molecule has 0 bridgehead atoms. The predicted molar refractivity (Wildman–Crippen MR) is 91.6 cm³/mol. The van der Waals surface area contributed by atoms with Gasteiger partial charge in [0, 0.05) is 17.2 Å². The number of carbonyl (C=O) groups is 1. The Morgan fingerprint density at radius 3 is 2.65 bits per heavy atom. The van der Waals surface area contributed by atoms with Gasteiger partial charge in [0.2, 0.25) is 0 Å². The fourth-order valence-electron chi connectivity index (χ4n) is 3.36. The van der Waals surface area contributed by atoms with Crippen LogP contribution < -0.4 is 5.32 Å². The van der Waals surface area contributed by atoms with E-state index < -0.39 is 0 Å². The number of nitrogens with zero attached hydrogens (tertiary/aromatic N) is 2.